The number of hydrogen-bond donors (Lipinski definition) is 0. The summed E-state index contributed by atoms with van der Waals surface area (Å²) >= 11 is 1.70. The second-order valence-corrected chi connectivity index (χ2v) is 6.31. The van der Waals surface area contributed by atoms with E-state index in [2.05, 4.69) is 22.3 Å². The Hall–Kier alpha value is -2.02. The molecule has 0 bridgehead atoms. The Morgan fingerprint density at radius 2 is 2.41 bits per heavy atom. The molecule has 1 aliphatic heterocycles. The highest BCUT2D eigenvalue weighted by Crippen LogP contribution is 2.34. The first-order valence-electron chi connectivity index (χ1n) is 7.47. The summed E-state index contributed by atoms with van der Waals surface area (Å²) in [6, 6.07) is 3.13. The summed E-state index contributed by atoms with van der Waals surface area (Å²) < 4.78 is 0. The van der Waals surface area contributed by atoms with Crippen LogP contribution >= 0.6 is 11.3 Å². The molecule has 0 aromatic carbocycles. The third kappa shape index (κ3) is 2.94. The molecule has 1 fully saturated rings. The first-order valence-corrected chi connectivity index (χ1v) is 8.35. The van der Waals surface area contributed by atoms with Gasteiger partial charge in [0.05, 0.1) is 15.6 Å². The fraction of sp³-hybridized carbons (Fsp3) is 0.467. The van der Waals surface area contributed by atoms with Crippen LogP contribution in [0, 0.1) is 10.1 Å². The molecule has 1 saturated heterocycles. The van der Waals surface area contributed by atoms with E-state index in [4.69, 9.17) is 0 Å². The molecule has 0 amide bonds. The molecular formula is C15H18N4O2S. The van der Waals surface area contributed by atoms with Gasteiger partial charge < -0.3 is 4.90 Å². The van der Waals surface area contributed by atoms with E-state index in [1.807, 2.05) is 4.90 Å². The third-order valence-corrected chi connectivity index (χ3v) is 5.02. The summed E-state index contributed by atoms with van der Waals surface area (Å²) in [6.45, 7) is 3.65. The van der Waals surface area contributed by atoms with Crippen molar-refractivity contribution < 1.29 is 4.92 Å². The predicted molar refractivity (Wildman–Crippen MR) is 86.6 cm³/mol. The molecule has 3 heterocycles. The smallest absolute Gasteiger partial charge is 0.311 e. The highest BCUT2D eigenvalue weighted by molar-refractivity contribution is 7.09. The quantitative estimate of drug-likeness (QED) is 0.638. The number of aryl methyl sites for hydroxylation is 1. The van der Waals surface area contributed by atoms with Crippen LogP contribution in [-0.4, -0.2) is 28.0 Å². The van der Waals surface area contributed by atoms with Crippen LogP contribution in [0.25, 0.3) is 0 Å². The van der Waals surface area contributed by atoms with Crippen molar-refractivity contribution in [3.8, 4) is 0 Å². The summed E-state index contributed by atoms with van der Waals surface area (Å²) in [4.78, 5) is 21.8. The number of nitrogens with zero attached hydrogens (tertiary/aromatic N) is 4. The molecule has 2 aromatic rings. The molecule has 0 spiro atoms. The van der Waals surface area contributed by atoms with Gasteiger partial charge in [-0.25, -0.2) is 9.97 Å². The van der Waals surface area contributed by atoms with Crippen LogP contribution in [0.15, 0.2) is 23.7 Å². The fourth-order valence-electron chi connectivity index (χ4n) is 2.82. The molecule has 3 rings (SSSR count). The van der Waals surface area contributed by atoms with Gasteiger partial charge in [0.15, 0.2) is 0 Å². The van der Waals surface area contributed by atoms with Crippen LogP contribution in [-0.2, 0) is 6.42 Å². The molecular weight excluding hydrogens is 300 g/mol. The molecule has 0 aliphatic carbocycles. The van der Waals surface area contributed by atoms with Crippen LogP contribution in [0.3, 0.4) is 0 Å². The maximum absolute atomic E-state index is 11.2. The molecule has 0 saturated carbocycles. The van der Waals surface area contributed by atoms with Crippen molar-refractivity contribution in [3.63, 3.8) is 0 Å². The van der Waals surface area contributed by atoms with E-state index in [0.29, 0.717) is 11.7 Å². The van der Waals surface area contributed by atoms with Crippen molar-refractivity contribution in [1.29, 1.82) is 0 Å². The average Bonchev–Trinajstić information content (AvgIpc) is 3.04. The molecule has 116 valence electrons. The van der Waals surface area contributed by atoms with Gasteiger partial charge in [-0.2, -0.15) is 0 Å². The second-order valence-electron chi connectivity index (χ2n) is 5.42. The minimum atomic E-state index is -0.357. The SMILES string of the molecule is CCc1csc(C2CCCN(c3ncccc3[N+](=O)[O-])C2)n1. The van der Waals surface area contributed by atoms with E-state index in [0.717, 1.165) is 43.1 Å². The summed E-state index contributed by atoms with van der Waals surface area (Å²) in [5, 5.41) is 14.4. The van der Waals surface area contributed by atoms with E-state index >= 15 is 0 Å². The molecule has 0 N–H and O–H groups in total. The lowest BCUT2D eigenvalue weighted by Crippen LogP contribution is -2.35. The van der Waals surface area contributed by atoms with Crippen LogP contribution in [0.4, 0.5) is 11.5 Å². The third-order valence-electron chi connectivity index (χ3n) is 3.96. The van der Waals surface area contributed by atoms with Crippen LogP contribution < -0.4 is 4.90 Å². The van der Waals surface area contributed by atoms with Gasteiger partial charge in [-0.15, -0.1) is 11.3 Å². The fourth-order valence-corrected chi connectivity index (χ4v) is 3.85. The van der Waals surface area contributed by atoms with Crippen molar-refractivity contribution in [3.05, 3.63) is 44.5 Å². The highest BCUT2D eigenvalue weighted by Gasteiger charge is 2.28. The van der Waals surface area contributed by atoms with Gasteiger partial charge in [0.1, 0.15) is 0 Å². The van der Waals surface area contributed by atoms with Gasteiger partial charge in [-0.3, -0.25) is 10.1 Å². The van der Waals surface area contributed by atoms with E-state index < -0.39 is 0 Å². The summed E-state index contributed by atoms with van der Waals surface area (Å²) in [5.41, 5.74) is 1.21. The Morgan fingerprint density at radius 3 is 3.14 bits per heavy atom. The Bertz CT molecular complexity index is 673. The first-order chi connectivity index (χ1) is 10.7. The number of piperidine rings is 1. The standard InChI is InChI=1S/C15H18N4O2S/c1-2-12-10-22-15(17-12)11-5-4-8-18(9-11)14-13(19(20)21)6-3-7-16-14/h3,6-7,10-11H,2,4-5,8-9H2,1H3. The number of pyridine rings is 1. The minimum Gasteiger partial charge on any atom is -0.350 e. The normalized spacial score (nSPS) is 18.4. The lowest BCUT2D eigenvalue weighted by Gasteiger charge is -2.32. The number of rotatable bonds is 4. The highest BCUT2D eigenvalue weighted by atomic mass is 32.1. The summed E-state index contributed by atoms with van der Waals surface area (Å²) in [7, 11) is 0. The van der Waals surface area contributed by atoms with E-state index in [1.165, 1.54) is 6.07 Å². The second kappa shape index (κ2) is 6.39. The molecule has 1 atom stereocenters. The lowest BCUT2D eigenvalue weighted by molar-refractivity contribution is -0.384. The summed E-state index contributed by atoms with van der Waals surface area (Å²) in [5.74, 6) is 0.810. The number of nitro groups is 1. The summed E-state index contributed by atoms with van der Waals surface area (Å²) in [6.07, 6.45) is 4.64. The largest absolute Gasteiger partial charge is 0.350 e. The Labute approximate surface area is 133 Å². The molecule has 1 unspecified atom stereocenters. The van der Waals surface area contributed by atoms with Crippen molar-refractivity contribution in [2.45, 2.75) is 32.1 Å². The van der Waals surface area contributed by atoms with Gasteiger partial charge in [0.25, 0.3) is 0 Å². The van der Waals surface area contributed by atoms with Gasteiger partial charge in [0.2, 0.25) is 5.82 Å². The minimum absolute atomic E-state index is 0.0801. The molecule has 6 nitrogen and oxygen atoms in total. The molecule has 2 aromatic heterocycles. The lowest BCUT2D eigenvalue weighted by atomic mass is 9.98. The average molecular weight is 318 g/mol. The maximum atomic E-state index is 11.2. The van der Waals surface area contributed by atoms with E-state index in [9.17, 15) is 10.1 Å². The van der Waals surface area contributed by atoms with E-state index in [1.54, 1.807) is 23.6 Å². The Morgan fingerprint density at radius 1 is 1.55 bits per heavy atom. The van der Waals surface area contributed by atoms with E-state index in [-0.39, 0.29) is 10.6 Å². The van der Waals surface area contributed by atoms with Crippen LogP contribution in [0.1, 0.15) is 36.4 Å². The van der Waals surface area contributed by atoms with Crippen molar-refractivity contribution in [1.82, 2.24) is 9.97 Å². The maximum Gasteiger partial charge on any atom is 0.311 e. The van der Waals surface area contributed by atoms with Crippen molar-refractivity contribution >= 4 is 22.8 Å². The topological polar surface area (TPSA) is 72.2 Å². The van der Waals surface area contributed by atoms with Crippen LogP contribution in [0.2, 0.25) is 0 Å². The Kier molecular flexibility index (Phi) is 4.33. The van der Waals surface area contributed by atoms with Gasteiger partial charge in [-0.1, -0.05) is 6.92 Å². The molecule has 0 radical (unpaired) electrons. The zero-order chi connectivity index (χ0) is 15.5. The van der Waals surface area contributed by atoms with Crippen LogP contribution in [0.5, 0.6) is 0 Å². The zero-order valence-electron chi connectivity index (χ0n) is 12.4. The number of aromatic nitrogens is 2. The molecule has 7 heteroatoms. The van der Waals surface area contributed by atoms with Crippen molar-refractivity contribution in [2.75, 3.05) is 18.0 Å². The first kappa shape index (κ1) is 14.9. The monoisotopic (exact) mass is 318 g/mol. The number of anilines is 1. The predicted octanol–water partition coefficient (Wildman–Crippen LogP) is 3.39. The molecule has 22 heavy (non-hydrogen) atoms. The zero-order valence-corrected chi connectivity index (χ0v) is 13.3. The van der Waals surface area contributed by atoms with Gasteiger partial charge in [-0.05, 0) is 25.3 Å². The van der Waals surface area contributed by atoms with Gasteiger partial charge >= 0.3 is 5.69 Å². The Balaban J connectivity index is 1.83. The van der Waals surface area contributed by atoms with Crippen molar-refractivity contribution in [2.24, 2.45) is 0 Å². The molecule has 1 aliphatic rings. The number of hydrogen-bond acceptors (Lipinski definition) is 6. The number of thiazole rings is 1. The van der Waals surface area contributed by atoms with Gasteiger partial charge in [0, 0.05) is 36.7 Å².